The molecule has 21 heavy (non-hydrogen) atoms. The van der Waals surface area contributed by atoms with Crippen molar-refractivity contribution in [1.29, 1.82) is 0 Å². The average molecular weight is 320 g/mol. The van der Waals surface area contributed by atoms with Crippen LogP contribution in [0, 0.1) is 13.8 Å². The van der Waals surface area contributed by atoms with Gasteiger partial charge in [-0.3, -0.25) is 0 Å². The van der Waals surface area contributed by atoms with Crippen molar-refractivity contribution in [3.8, 4) is 0 Å². The van der Waals surface area contributed by atoms with Crippen LogP contribution in [0.5, 0.6) is 0 Å². The first-order valence-electron chi connectivity index (χ1n) is 5.82. The number of halogens is 4. The third-order valence-corrected chi connectivity index (χ3v) is 2.19. The van der Waals surface area contributed by atoms with Crippen LogP contribution in [-0.4, -0.2) is 32.7 Å². The Labute approximate surface area is 124 Å². The lowest BCUT2D eigenvalue weighted by Crippen LogP contribution is -2.22. The van der Waals surface area contributed by atoms with Gasteiger partial charge in [-0.25, -0.2) is 19.9 Å². The zero-order chi connectivity index (χ0) is 15.9. The molecule has 2 rings (SSSR count). The second kappa shape index (κ2) is 7.72. The van der Waals surface area contributed by atoms with Gasteiger partial charge in [0, 0.05) is 23.8 Å². The molecule has 2 aromatic heterocycles. The van der Waals surface area contributed by atoms with Crippen LogP contribution in [0.2, 0.25) is 5.28 Å². The lowest BCUT2D eigenvalue weighted by molar-refractivity contribution is -0.115. The normalized spacial score (nSPS) is 10.6. The van der Waals surface area contributed by atoms with Gasteiger partial charge in [0.15, 0.2) is 0 Å². The number of nitrogens with one attached hydrogen (secondary N) is 1. The maximum atomic E-state index is 11.7. The molecule has 0 radical (unpaired) electrons. The largest absolute Gasteiger partial charge is 0.405 e. The molecule has 0 aliphatic rings. The molecule has 0 atom stereocenters. The molecule has 2 heterocycles. The Morgan fingerprint density at radius 2 is 1.62 bits per heavy atom. The quantitative estimate of drug-likeness (QED) is 0.861. The Bertz CT molecular complexity index is 560. The van der Waals surface area contributed by atoms with Gasteiger partial charge in [-0.15, -0.1) is 0 Å². The van der Waals surface area contributed by atoms with E-state index in [9.17, 15) is 13.2 Å². The van der Waals surface area contributed by atoms with Crippen molar-refractivity contribution >= 4 is 17.5 Å². The van der Waals surface area contributed by atoms with E-state index < -0.39 is 12.7 Å². The molecule has 0 bridgehead atoms. The third-order valence-electron chi connectivity index (χ3n) is 2.01. The summed E-state index contributed by atoms with van der Waals surface area (Å²) in [5, 5.41) is 2.39. The zero-order valence-electron chi connectivity index (χ0n) is 11.3. The van der Waals surface area contributed by atoms with E-state index in [1.165, 1.54) is 6.20 Å². The molecule has 2 aromatic rings. The van der Waals surface area contributed by atoms with E-state index in [2.05, 4.69) is 25.3 Å². The number of hydrogen-bond acceptors (Lipinski definition) is 5. The topological polar surface area (TPSA) is 63.6 Å². The fourth-order valence-electron chi connectivity index (χ4n) is 1.13. The van der Waals surface area contributed by atoms with Gasteiger partial charge in [-0.1, -0.05) is 0 Å². The van der Waals surface area contributed by atoms with Gasteiger partial charge in [0.1, 0.15) is 6.54 Å². The second-order valence-electron chi connectivity index (χ2n) is 3.96. The molecule has 0 unspecified atom stereocenters. The molecule has 0 aliphatic heterocycles. The van der Waals surface area contributed by atoms with Crippen LogP contribution in [0.15, 0.2) is 24.5 Å². The van der Waals surface area contributed by atoms with E-state index >= 15 is 0 Å². The van der Waals surface area contributed by atoms with Gasteiger partial charge in [0.25, 0.3) is 0 Å². The number of alkyl halides is 3. The number of hydrogen-bond donors (Lipinski definition) is 1. The van der Waals surface area contributed by atoms with Crippen LogP contribution in [0.3, 0.4) is 0 Å². The maximum absolute atomic E-state index is 11.7. The van der Waals surface area contributed by atoms with Crippen molar-refractivity contribution in [2.75, 3.05) is 11.9 Å². The van der Waals surface area contributed by atoms with E-state index in [1.54, 1.807) is 25.3 Å². The summed E-state index contributed by atoms with van der Waals surface area (Å²) in [6, 6.07) is 3.41. The second-order valence-corrected chi connectivity index (χ2v) is 4.30. The summed E-state index contributed by atoms with van der Waals surface area (Å²) in [6.07, 6.45) is -1.21. The lowest BCUT2D eigenvalue weighted by Gasteiger charge is -2.07. The third kappa shape index (κ3) is 8.03. The Morgan fingerprint density at radius 3 is 2.05 bits per heavy atom. The van der Waals surface area contributed by atoms with E-state index in [0.717, 1.165) is 5.69 Å². The van der Waals surface area contributed by atoms with Crippen LogP contribution in [0.1, 0.15) is 11.4 Å². The van der Waals surface area contributed by atoms with Crippen molar-refractivity contribution in [1.82, 2.24) is 19.9 Å². The first-order valence-corrected chi connectivity index (χ1v) is 6.19. The minimum atomic E-state index is -4.24. The first-order chi connectivity index (χ1) is 9.76. The van der Waals surface area contributed by atoms with Crippen molar-refractivity contribution < 1.29 is 13.2 Å². The zero-order valence-corrected chi connectivity index (χ0v) is 12.1. The molecule has 0 spiro atoms. The molecule has 0 aliphatic carbocycles. The fraction of sp³-hybridized carbons (Fsp3) is 0.333. The van der Waals surface area contributed by atoms with Crippen molar-refractivity contribution in [3.63, 3.8) is 0 Å². The Hall–Kier alpha value is -1.96. The van der Waals surface area contributed by atoms with Gasteiger partial charge in [0.2, 0.25) is 11.2 Å². The highest BCUT2D eigenvalue weighted by Gasteiger charge is 2.26. The lowest BCUT2D eigenvalue weighted by atomic mass is 10.5. The summed E-state index contributed by atoms with van der Waals surface area (Å²) >= 11 is 5.42. The fourth-order valence-corrected chi connectivity index (χ4v) is 1.32. The summed E-state index contributed by atoms with van der Waals surface area (Å²) < 4.78 is 35.2. The number of anilines is 1. The number of aryl methyl sites for hydroxylation is 2. The summed E-state index contributed by atoms with van der Waals surface area (Å²) in [5.41, 5.74) is 1.52. The molecule has 114 valence electrons. The van der Waals surface area contributed by atoms with E-state index in [0.29, 0.717) is 11.0 Å². The van der Waals surface area contributed by atoms with Gasteiger partial charge in [-0.2, -0.15) is 13.2 Å². The van der Waals surface area contributed by atoms with E-state index in [4.69, 9.17) is 11.6 Å². The number of aromatic nitrogens is 4. The van der Waals surface area contributed by atoms with Crippen LogP contribution < -0.4 is 5.32 Å². The van der Waals surface area contributed by atoms with E-state index in [-0.39, 0.29) is 5.95 Å². The standard InChI is InChI=1S/C7H8F3N3.C5H5ClN2/c1-5-2-3-11-6(13-5)12-4-7(8,9)10;1-4-2-3-7-5(6)8-4/h2-3H,4H2,1H3,(H,11,12,13);2-3H,1H3. The molecule has 9 heteroatoms. The summed E-state index contributed by atoms with van der Waals surface area (Å²) in [6.45, 7) is 2.43. The maximum Gasteiger partial charge on any atom is 0.405 e. The summed E-state index contributed by atoms with van der Waals surface area (Å²) in [5.74, 6) is -0.00248. The van der Waals surface area contributed by atoms with Crippen LogP contribution in [0.4, 0.5) is 19.1 Å². The average Bonchev–Trinajstić information content (AvgIpc) is 2.36. The van der Waals surface area contributed by atoms with Crippen LogP contribution in [0.25, 0.3) is 0 Å². The van der Waals surface area contributed by atoms with Gasteiger partial charge < -0.3 is 5.32 Å². The molecular formula is C12H13ClF3N5. The molecule has 0 amide bonds. The van der Waals surface area contributed by atoms with Gasteiger partial charge in [0.05, 0.1) is 0 Å². The highest BCUT2D eigenvalue weighted by Crippen LogP contribution is 2.14. The first kappa shape index (κ1) is 17.1. The Morgan fingerprint density at radius 1 is 1.05 bits per heavy atom. The van der Waals surface area contributed by atoms with Crippen LogP contribution in [-0.2, 0) is 0 Å². The van der Waals surface area contributed by atoms with Gasteiger partial charge in [-0.05, 0) is 37.6 Å². The summed E-state index contributed by atoms with van der Waals surface area (Å²) in [4.78, 5) is 14.9. The monoisotopic (exact) mass is 319 g/mol. The Balaban J connectivity index is 0.000000235. The van der Waals surface area contributed by atoms with Crippen LogP contribution >= 0.6 is 11.6 Å². The predicted molar refractivity (Wildman–Crippen MR) is 73.1 cm³/mol. The molecule has 0 saturated heterocycles. The summed E-state index contributed by atoms with van der Waals surface area (Å²) in [7, 11) is 0. The molecular weight excluding hydrogens is 307 g/mol. The van der Waals surface area contributed by atoms with Gasteiger partial charge >= 0.3 is 6.18 Å². The molecule has 0 fully saturated rings. The molecule has 0 saturated carbocycles. The smallest absolute Gasteiger partial charge is 0.345 e. The van der Waals surface area contributed by atoms with Crippen molar-refractivity contribution in [2.45, 2.75) is 20.0 Å². The van der Waals surface area contributed by atoms with Crippen molar-refractivity contribution in [3.05, 3.63) is 41.2 Å². The Kier molecular flexibility index (Phi) is 6.29. The number of nitrogens with zero attached hydrogens (tertiary/aromatic N) is 4. The molecule has 0 aromatic carbocycles. The molecule has 1 N–H and O–H groups in total. The number of rotatable bonds is 2. The predicted octanol–water partition coefficient (Wildman–Crippen LogP) is 3.20. The SMILES string of the molecule is Cc1ccnc(Cl)n1.Cc1ccnc(NCC(F)(F)F)n1. The minimum absolute atomic E-state index is 0.00248. The minimum Gasteiger partial charge on any atom is -0.345 e. The molecule has 5 nitrogen and oxygen atoms in total. The highest BCUT2D eigenvalue weighted by atomic mass is 35.5. The van der Waals surface area contributed by atoms with E-state index in [1.807, 2.05) is 6.92 Å². The highest BCUT2D eigenvalue weighted by molar-refractivity contribution is 6.28. The van der Waals surface area contributed by atoms with Crippen molar-refractivity contribution in [2.24, 2.45) is 0 Å².